The first kappa shape index (κ1) is 22.0. The maximum absolute atomic E-state index is 12.6. The Morgan fingerprint density at radius 2 is 1.90 bits per heavy atom. The summed E-state index contributed by atoms with van der Waals surface area (Å²) in [7, 11) is -7.13. The van der Waals surface area contributed by atoms with E-state index in [1.165, 1.54) is 46.2 Å². The van der Waals surface area contributed by atoms with Gasteiger partial charge in [-0.3, -0.25) is 4.31 Å². The number of furan rings is 1. The van der Waals surface area contributed by atoms with Gasteiger partial charge >= 0.3 is 0 Å². The molecule has 1 aliphatic rings. The number of sulfonamides is 2. The van der Waals surface area contributed by atoms with Gasteiger partial charge in [-0.05, 0) is 61.4 Å². The first-order valence-corrected chi connectivity index (χ1v) is 13.6. The largest absolute Gasteiger partial charge is 0.466 e. The van der Waals surface area contributed by atoms with Gasteiger partial charge in [0.25, 0.3) is 0 Å². The maximum Gasteiger partial charge on any atom is 0.240 e. The summed E-state index contributed by atoms with van der Waals surface area (Å²) in [5, 5.41) is 10.3. The number of benzene rings is 1. The molecule has 8 nitrogen and oxygen atoms in total. The summed E-state index contributed by atoms with van der Waals surface area (Å²) in [6.07, 6.45) is 1.99. The fraction of sp³-hybridized carbons (Fsp3) is 0.300. The van der Waals surface area contributed by atoms with Crippen molar-refractivity contribution in [2.24, 2.45) is 0 Å². The third-order valence-electron chi connectivity index (χ3n) is 4.99. The molecule has 11 heteroatoms. The molecular weight excluding hydrogens is 460 g/mol. The number of anilines is 1. The molecule has 166 valence electrons. The highest BCUT2D eigenvalue weighted by Crippen LogP contribution is 2.29. The summed E-state index contributed by atoms with van der Waals surface area (Å²) >= 11 is 1.29. The Kier molecular flexibility index (Phi) is 6.22. The SMILES string of the molecule is O=S(=O)(NCc1ccc(C(O)c2ccco2)s1)c1ccc(N2CCCCS2(=O)=O)cc1. The Balaban J connectivity index is 1.42. The molecule has 0 saturated carbocycles. The van der Waals surface area contributed by atoms with E-state index in [0.29, 0.717) is 29.3 Å². The number of aliphatic hydroxyl groups is 1. The Hall–Kier alpha value is -2.18. The third kappa shape index (κ3) is 4.85. The lowest BCUT2D eigenvalue weighted by atomic mass is 10.2. The second-order valence-electron chi connectivity index (χ2n) is 7.14. The van der Waals surface area contributed by atoms with Crippen LogP contribution in [0.1, 0.15) is 34.5 Å². The van der Waals surface area contributed by atoms with Gasteiger partial charge in [-0.15, -0.1) is 11.3 Å². The Labute approximate surface area is 185 Å². The number of hydrogen-bond acceptors (Lipinski definition) is 7. The van der Waals surface area contributed by atoms with Gasteiger partial charge in [0.15, 0.2) is 0 Å². The van der Waals surface area contributed by atoms with E-state index in [2.05, 4.69) is 4.72 Å². The fourth-order valence-corrected chi connectivity index (χ4v) is 7.03. The Morgan fingerprint density at radius 3 is 2.58 bits per heavy atom. The van der Waals surface area contributed by atoms with Crippen molar-refractivity contribution in [2.45, 2.75) is 30.4 Å². The quantitative estimate of drug-likeness (QED) is 0.535. The summed E-state index contributed by atoms with van der Waals surface area (Å²) in [6.45, 7) is 0.470. The summed E-state index contributed by atoms with van der Waals surface area (Å²) in [5.41, 5.74) is 0.466. The molecule has 0 spiro atoms. The highest BCUT2D eigenvalue weighted by molar-refractivity contribution is 7.92. The number of nitrogens with one attached hydrogen (secondary N) is 1. The van der Waals surface area contributed by atoms with E-state index >= 15 is 0 Å². The van der Waals surface area contributed by atoms with Gasteiger partial charge in [0.1, 0.15) is 11.9 Å². The predicted octanol–water partition coefficient (Wildman–Crippen LogP) is 2.83. The van der Waals surface area contributed by atoms with Crippen LogP contribution >= 0.6 is 11.3 Å². The van der Waals surface area contributed by atoms with Crippen LogP contribution in [0.25, 0.3) is 0 Å². The van der Waals surface area contributed by atoms with E-state index in [1.54, 1.807) is 24.3 Å². The maximum atomic E-state index is 12.6. The number of aliphatic hydroxyl groups excluding tert-OH is 1. The highest BCUT2D eigenvalue weighted by atomic mass is 32.2. The van der Waals surface area contributed by atoms with Crippen LogP contribution < -0.4 is 9.03 Å². The van der Waals surface area contributed by atoms with Crippen LogP contribution in [-0.2, 0) is 26.6 Å². The van der Waals surface area contributed by atoms with Gasteiger partial charge < -0.3 is 9.52 Å². The van der Waals surface area contributed by atoms with Gasteiger partial charge in [-0.2, -0.15) is 0 Å². The van der Waals surface area contributed by atoms with Crippen LogP contribution in [0.3, 0.4) is 0 Å². The lowest BCUT2D eigenvalue weighted by Gasteiger charge is -2.28. The molecule has 2 aromatic heterocycles. The van der Waals surface area contributed by atoms with Crippen LogP contribution in [0.5, 0.6) is 0 Å². The van der Waals surface area contributed by atoms with Crippen molar-refractivity contribution in [1.82, 2.24) is 4.72 Å². The van der Waals surface area contributed by atoms with E-state index in [1.807, 2.05) is 0 Å². The molecule has 1 unspecified atom stereocenters. The van der Waals surface area contributed by atoms with Gasteiger partial charge in [0, 0.05) is 22.8 Å². The average Bonchev–Trinajstić information content (AvgIpc) is 3.44. The normalized spacial score (nSPS) is 17.5. The number of nitrogens with zero attached hydrogens (tertiary/aromatic N) is 1. The standard InChI is InChI=1S/C20H22N2O6S3/c23-20(18-4-3-12-28-18)19-10-7-16(29-19)14-21-31(26,27)17-8-5-15(6-9-17)22-11-1-2-13-30(22,24)25/h3-10,12,20-21,23H,1-2,11,13-14H2. The molecule has 1 aliphatic heterocycles. The van der Waals surface area contributed by atoms with E-state index in [9.17, 15) is 21.9 Å². The molecule has 1 atom stereocenters. The second kappa shape index (κ2) is 8.75. The molecular formula is C20H22N2O6S3. The molecule has 3 heterocycles. The topological polar surface area (TPSA) is 117 Å². The molecule has 1 aromatic carbocycles. The molecule has 4 rings (SSSR count). The lowest BCUT2D eigenvalue weighted by Crippen LogP contribution is -2.37. The number of thiophene rings is 1. The van der Waals surface area contributed by atoms with Crippen molar-refractivity contribution in [3.8, 4) is 0 Å². The van der Waals surface area contributed by atoms with E-state index in [0.717, 1.165) is 11.3 Å². The van der Waals surface area contributed by atoms with Crippen LogP contribution in [0, 0.1) is 0 Å². The fourth-order valence-electron chi connectivity index (χ4n) is 3.34. The van der Waals surface area contributed by atoms with Gasteiger partial charge in [0.05, 0.1) is 22.6 Å². The summed E-state index contributed by atoms with van der Waals surface area (Å²) in [4.78, 5) is 1.44. The van der Waals surface area contributed by atoms with Crippen molar-refractivity contribution in [2.75, 3.05) is 16.6 Å². The number of rotatable bonds is 7. The van der Waals surface area contributed by atoms with E-state index < -0.39 is 26.2 Å². The van der Waals surface area contributed by atoms with Crippen molar-refractivity contribution in [3.63, 3.8) is 0 Å². The predicted molar refractivity (Wildman–Crippen MR) is 118 cm³/mol. The summed E-state index contributed by atoms with van der Waals surface area (Å²) in [6, 6.07) is 12.7. The summed E-state index contributed by atoms with van der Waals surface area (Å²) in [5.74, 6) is 0.524. The average molecular weight is 483 g/mol. The van der Waals surface area contributed by atoms with Crippen molar-refractivity contribution >= 4 is 37.1 Å². The molecule has 31 heavy (non-hydrogen) atoms. The first-order valence-electron chi connectivity index (χ1n) is 9.66. The van der Waals surface area contributed by atoms with Gasteiger partial charge in [-0.25, -0.2) is 21.6 Å². The minimum absolute atomic E-state index is 0.0538. The zero-order valence-corrected chi connectivity index (χ0v) is 18.9. The number of hydrogen-bond donors (Lipinski definition) is 2. The minimum Gasteiger partial charge on any atom is -0.466 e. The zero-order valence-electron chi connectivity index (χ0n) is 16.5. The molecule has 0 aliphatic carbocycles. The molecule has 1 fully saturated rings. The molecule has 0 bridgehead atoms. The van der Waals surface area contributed by atoms with Crippen molar-refractivity contribution in [1.29, 1.82) is 0 Å². The third-order valence-corrected chi connectivity index (χ3v) is 9.41. The van der Waals surface area contributed by atoms with Crippen LogP contribution in [0.4, 0.5) is 5.69 Å². The monoisotopic (exact) mass is 482 g/mol. The molecule has 2 N–H and O–H groups in total. The zero-order chi connectivity index (χ0) is 22.1. The Bertz CT molecular complexity index is 1230. The van der Waals surface area contributed by atoms with Crippen LogP contribution in [-0.4, -0.2) is 34.2 Å². The van der Waals surface area contributed by atoms with Crippen molar-refractivity contribution < 1.29 is 26.4 Å². The molecule has 0 amide bonds. The molecule has 0 radical (unpaired) electrons. The summed E-state index contributed by atoms with van der Waals surface area (Å²) < 4.78 is 58.8. The Morgan fingerprint density at radius 1 is 1.13 bits per heavy atom. The highest BCUT2D eigenvalue weighted by Gasteiger charge is 2.26. The lowest BCUT2D eigenvalue weighted by molar-refractivity contribution is 0.193. The smallest absolute Gasteiger partial charge is 0.240 e. The van der Waals surface area contributed by atoms with Gasteiger partial charge in [-0.1, -0.05) is 0 Å². The second-order valence-corrected chi connectivity index (χ2v) is 12.1. The van der Waals surface area contributed by atoms with E-state index in [4.69, 9.17) is 4.42 Å². The molecule has 3 aromatic rings. The molecule has 1 saturated heterocycles. The first-order chi connectivity index (χ1) is 14.8. The van der Waals surface area contributed by atoms with Crippen LogP contribution in [0.2, 0.25) is 0 Å². The van der Waals surface area contributed by atoms with Crippen molar-refractivity contribution in [3.05, 3.63) is 70.3 Å². The van der Waals surface area contributed by atoms with Gasteiger partial charge in [0.2, 0.25) is 20.0 Å². The van der Waals surface area contributed by atoms with E-state index in [-0.39, 0.29) is 17.2 Å². The van der Waals surface area contributed by atoms with Crippen LogP contribution in [0.15, 0.2) is 64.1 Å². The minimum atomic E-state index is -3.78.